The van der Waals surface area contributed by atoms with Crippen molar-refractivity contribution in [2.45, 2.75) is 25.8 Å². The van der Waals surface area contributed by atoms with E-state index in [4.69, 9.17) is 5.11 Å². The third-order valence-corrected chi connectivity index (χ3v) is 1.81. The van der Waals surface area contributed by atoms with E-state index in [-0.39, 0.29) is 18.5 Å². The molecule has 0 bridgehead atoms. The Morgan fingerprint density at radius 1 is 1.64 bits per heavy atom. The Kier molecular flexibility index (Phi) is 2.88. The minimum atomic E-state index is -2.71. The van der Waals surface area contributed by atoms with Crippen molar-refractivity contribution in [1.82, 2.24) is 4.57 Å². The fourth-order valence-electron chi connectivity index (χ4n) is 1.03. The van der Waals surface area contributed by atoms with Gasteiger partial charge in [0, 0.05) is 25.4 Å². The van der Waals surface area contributed by atoms with Crippen LogP contribution in [0.3, 0.4) is 0 Å². The van der Waals surface area contributed by atoms with Crippen LogP contribution in [0.4, 0.5) is 8.78 Å². The molecule has 0 saturated carbocycles. The first kappa shape index (κ1) is 10.7. The van der Waals surface area contributed by atoms with E-state index in [2.05, 4.69) is 0 Å². The van der Waals surface area contributed by atoms with Crippen LogP contribution >= 0.6 is 0 Å². The van der Waals surface area contributed by atoms with Gasteiger partial charge in [-0.05, 0) is 13.0 Å². The summed E-state index contributed by atoms with van der Waals surface area (Å²) in [5.74, 6) is -3.76. The van der Waals surface area contributed by atoms with Gasteiger partial charge in [0.2, 0.25) is 5.92 Å². The fraction of sp³-hybridized carbons (Fsp3) is 0.444. The molecule has 0 unspecified atom stereocenters. The minimum absolute atomic E-state index is 0.115. The predicted octanol–water partition coefficient (Wildman–Crippen LogP) is 2.23. The van der Waals surface area contributed by atoms with Crippen molar-refractivity contribution in [3.63, 3.8) is 0 Å². The fourth-order valence-corrected chi connectivity index (χ4v) is 1.03. The summed E-state index contributed by atoms with van der Waals surface area (Å²) in [5.41, 5.74) is 0.115. The van der Waals surface area contributed by atoms with E-state index in [1.807, 2.05) is 0 Å². The van der Waals surface area contributed by atoms with E-state index in [1.165, 1.54) is 23.0 Å². The van der Waals surface area contributed by atoms with Gasteiger partial charge in [0.15, 0.2) is 0 Å². The quantitative estimate of drug-likeness (QED) is 0.815. The van der Waals surface area contributed by atoms with Gasteiger partial charge in [0.1, 0.15) is 0 Å². The van der Waals surface area contributed by atoms with Crippen molar-refractivity contribution in [1.29, 1.82) is 0 Å². The highest BCUT2D eigenvalue weighted by molar-refractivity contribution is 5.87. The molecule has 0 radical (unpaired) electrons. The van der Waals surface area contributed by atoms with Crippen LogP contribution in [0.1, 0.15) is 23.7 Å². The summed E-state index contributed by atoms with van der Waals surface area (Å²) in [6.07, 6.45) is 2.53. The van der Waals surface area contributed by atoms with Crippen LogP contribution in [0, 0.1) is 0 Å². The number of alkyl halides is 2. The molecule has 5 heteroatoms. The molecular weight excluding hydrogens is 192 g/mol. The Morgan fingerprint density at radius 2 is 2.29 bits per heavy atom. The Hall–Kier alpha value is -1.39. The average Bonchev–Trinajstić information content (AvgIpc) is 2.47. The van der Waals surface area contributed by atoms with Crippen LogP contribution in [0.25, 0.3) is 0 Å². The van der Waals surface area contributed by atoms with Gasteiger partial charge in [-0.15, -0.1) is 0 Å². The summed E-state index contributed by atoms with van der Waals surface area (Å²) in [7, 11) is 0. The van der Waals surface area contributed by atoms with Crippen LogP contribution in [0.15, 0.2) is 18.5 Å². The maximum atomic E-state index is 12.4. The largest absolute Gasteiger partial charge is 0.478 e. The van der Waals surface area contributed by atoms with Gasteiger partial charge in [0.25, 0.3) is 0 Å². The average molecular weight is 203 g/mol. The second-order valence-electron chi connectivity index (χ2n) is 3.26. The van der Waals surface area contributed by atoms with Gasteiger partial charge in [-0.2, -0.15) is 0 Å². The first-order valence-electron chi connectivity index (χ1n) is 4.15. The van der Waals surface area contributed by atoms with Gasteiger partial charge in [-0.25, -0.2) is 13.6 Å². The molecule has 1 heterocycles. The van der Waals surface area contributed by atoms with Gasteiger partial charge < -0.3 is 9.67 Å². The van der Waals surface area contributed by atoms with E-state index in [9.17, 15) is 13.6 Å². The Bertz CT molecular complexity index is 328. The third-order valence-electron chi connectivity index (χ3n) is 1.81. The molecule has 0 spiro atoms. The highest BCUT2D eigenvalue weighted by Crippen LogP contribution is 2.17. The first-order chi connectivity index (χ1) is 6.38. The Balaban J connectivity index is 2.56. The van der Waals surface area contributed by atoms with Crippen LogP contribution < -0.4 is 0 Å². The summed E-state index contributed by atoms with van der Waals surface area (Å²) in [4.78, 5) is 10.5. The molecule has 1 aromatic rings. The van der Waals surface area contributed by atoms with Gasteiger partial charge in [-0.1, -0.05) is 0 Å². The molecular formula is C9H11F2NO2. The molecule has 1 rings (SSSR count). The second-order valence-corrected chi connectivity index (χ2v) is 3.26. The van der Waals surface area contributed by atoms with Crippen molar-refractivity contribution >= 4 is 5.97 Å². The zero-order valence-corrected chi connectivity index (χ0v) is 7.70. The number of carboxylic acid groups (broad SMARTS) is 1. The summed E-state index contributed by atoms with van der Waals surface area (Å²) >= 11 is 0. The normalized spacial score (nSPS) is 11.6. The molecule has 1 aromatic heterocycles. The Labute approximate surface area is 80.0 Å². The maximum Gasteiger partial charge on any atom is 0.337 e. The zero-order chi connectivity index (χ0) is 10.8. The summed E-state index contributed by atoms with van der Waals surface area (Å²) in [6, 6.07) is 1.39. The first-order valence-corrected chi connectivity index (χ1v) is 4.15. The van der Waals surface area contributed by atoms with E-state index < -0.39 is 11.9 Å². The molecule has 3 nitrogen and oxygen atoms in total. The SMILES string of the molecule is CC(F)(F)CCn1ccc(C(=O)O)c1. The zero-order valence-electron chi connectivity index (χ0n) is 7.70. The number of aromatic carboxylic acids is 1. The second kappa shape index (κ2) is 3.77. The van der Waals surface area contributed by atoms with Crippen molar-refractivity contribution in [3.8, 4) is 0 Å². The van der Waals surface area contributed by atoms with Gasteiger partial charge in [0.05, 0.1) is 5.56 Å². The Morgan fingerprint density at radius 3 is 2.71 bits per heavy atom. The molecule has 1 N–H and O–H groups in total. The van der Waals surface area contributed by atoms with Crippen LogP contribution in [-0.4, -0.2) is 21.6 Å². The molecule has 0 aromatic carbocycles. The molecule has 78 valence electrons. The number of hydrogen-bond donors (Lipinski definition) is 1. The number of aromatic nitrogens is 1. The third kappa shape index (κ3) is 3.16. The van der Waals surface area contributed by atoms with Crippen molar-refractivity contribution in [2.75, 3.05) is 0 Å². The summed E-state index contributed by atoms with van der Waals surface area (Å²) in [6.45, 7) is 0.964. The van der Waals surface area contributed by atoms with Crippen LogP contribution in [0.2, 0.25) is 0 Å². The lowest BCUT2D eigenvalue weighted by Crippen LogP contribution is -2.13. The lowest BCUT2D eigenvalue weighted by atomic mass is 10.3. The monoisotopic (exact) mass is 203 g/mol. The molecule has 0 fully saturated rings. The minimum Gasteiger partial charge on any atom is -0.478 e. The number of carbonyl (C=O) groups is 1. The number of nitrogens with zero attached hydrogens (tertiary/aromatic N) is 1. The molecule has 14 heavy (non-hydrogen) atoms. The summed E-state index contributed by atoms with van der Waals surface area (Å²) < 4.78 is 26.3. The number of aryl methyl sites for hydroxylation is 1. The number of rotatable bonds is 4. The lowest BCUT2D eigenvalue weighted by molar-refractivity contribution is 0.00872. The predicted molar refractivity (Wildman–Crippen MR) is 46.6 cm³/mol. The molecule has 0 amide bonds. The highest BCUT2D eigenvalue weighted by atomic mass is 19.3. The van der Waals surface area contributed by atoms with E-state index >= 15 is 0 Å². The molecule has 0 aliphatic rings. The standard InChI is InChI=1S/C9H11F2NO2/c1-9(10,11)3-5-12-4-2-7(6-12)8(13)14/h2,4,6H,3,5H2,1H3,(H,13,14). The summed E-state index contributed by atoms with van der Waals surface area (Å²) in [5, 5.41) is 8.56. The van der Waals surface area contributed by atoms with E-state index in [0.717, 1.165) is 6.92 Å². The van der Waals surface area contributed by atoms with Crippen molar-refractivity contribution in [2.24, 2.45) is 0 Å². The molecule has 0 aliphatic heterocycles. The van der Waals surface area contributed by atoms with Gasteiger partial charge in [-0.3, -0.25) is 0 Å². The van der Waals surface area contributed by atoms with Crippen molar-refractivity contribution in [3.05, 3.63) is 24.0 Å². The van der Waals surface area contributed by atoms with Gasteiger partial charge >= 0.3 is 5.97 Å². The maximum absolute atomic E-state index is 12.4. The number of halogens is 2. The van der Waals surface area contributed by atoms with Crippen LogP contribution in [-0.2, 0) is 6.54 Å². The number of hydrogen-bond acceptors (Lipinski definition) is 1. The number of carboxylic acids is 1. The van der Waals surface area contributed by atoms with E-state index in [0.29, 0.717) is 0 Å². The molecule has 0 aliphatic carbocycles. The highest BCUT2D eigenvalue weighted by Gasteiger charge is 2.20. The lowest BCUT2D eigenvalue weighted by Gasteiger charge is -2.09. The topological polar surface area (TPSA) is 42.2 Å². The molecule has 0 atom stereocenters. The molecule has 0 saturated heterocycles. The van der Waals surface area contributed by atoms with Crippen LogP contribution in [0.5, 0.6) is 0 Å². The smallest absolute Gasteiger partial charge is 0.337 e. The van der Waals surface area contributed by atoms with Crippen molar-refractivity contribution < 1.29 is 18.7 Å². The van der Waals surface area contributed by atoms with E-state index in [1.54, 1.807) is 0 Å².